The number of methoxy groups -OCH3 is 1. The van der Waals surface area contributed by atoms with Crippen LogP contribution in [0, 0.1) is 17.1 Å². The molecule has 1 unspecified atom stereocenters. The monoisotopic (exact) mass is 378 g/mol. The predicted molar refractivity (Wildman–Crippen MR) is 101 cm³/mol. The predicted octanol–water partition coefficient (Wildman–Crippen LogP) is 4.15. The van der Waals surface area contributed by atoms with E-state index in [9.17, 15) is 14.4 Å². The summed E-state index contributed by atoms with van der Waals surface area (Å²) in [7, 11) is 1.34. The van der Waals surface area contributed by atoms with Gasteiger partial charge in [0.1, 0.15) is 11.2 Å². The van der Waals surface area contributed by atoms with E-state index in [1.165, 1.54) is 19.2 Å². The Morgan fingerprint density at radius 2 is 2.07 bits per heavy atom. The van der Waals surface area contributed by atoms with Gasteiger partial charge >= 0.3 is 5.97 Å². The number of benzene rings is 2. The van der Waals surface area contributed by atoms with Crippen molar-refractivity contribution >= 4 is 5.97 Å². The standard InChI is InChI=1S/C21H19FN4O2/c1-28-20(27)11-14-2-7-18-16(10-14)4-3-15-5-6-17(22)12-19(15)21(18,13-23)8-9-25-26-24/h2,5-7,10,12H,3-4,8-9,11H2,1H3. The first kappa shape index (κ1) is 19.4. The molecule has 0 saturated heterocycles. The van der Waals surface area contributed by atoms with Gasteiger partial charge in [-0.3, -0.25) is 4.79 Å². The third kappa shape index (κ3) is 3.55. The fourth-order valence-electron chi connectivity index (χ4n) is 3.91. The first-order valence-corrected chi connectivity index (χ1v) is 8.94. The minimum Gasteiger partial charge on any atom is -0.469 e. The van der Waals surface area contributed by atoms with E-state index in [0.717, 1.165) is 22.3 Å². The fourth-order valence-corrected chi connectivity index (χ4v) is 3.91. The van der Waals surface area contributed by atoms with Crippen molar-refractivity contribution in [2.45, 2.75) is 31.1 Å². The van der Waals surface area contributed by atoms with Gasteiger partial charge in [0.15, 0.2) is 0 Å². The number of hydrogen-bond acceptors (Lipinski definition) is 4. The highest BCUT2D eigenvalue weighted by atomic mass is 19.1. The van der Waals surface area contributed by atoms with Gasteiger partial charge in [-0.1, -0.05) is 29.4 Å². The van der Waals surface area contributed by atoms with E-state index in [1.807, 2.05) is 12.1 Å². The highest BCUT2D eigenvalue weighted by molar-refractivity contribution is 5.72. The van der Waals surface area contributed by atoms with Crippen LogP contribution in [0.4, 0.5) is 4.39 Å². The smallest absolute Gasteiger partial charge is 0.309 e. The lowest BCUT2D eigenvalue weighted by Gasteiger charge is -2.29. The Morgan fingerprint density at radius 3 is 2.79 bits per heavy atom. The molecule has 142 valence electrons. The molecule has 1 atom stereocenters. The number of nitriles is 1. The summed E-state index contributed by atoms with van der Waals surface area (Å²) < 4.78 is 18.8. The Bertz CT molecular complexity index is 1010. The second-order valence-corrected chi connectivity index (χ2v) is 6.77. The minimum absolute atomic E-state index is 0.114. The van der Waals surface area contributed by atoms with Crippen LogP contribution in [0.5, 0.6) is 0 Å². The van der Waals surface area contributed by atoms with Gasteiger partial charge in [-0.15, -0.1) is 0 Å². The molecule has 3 rings (SSSR count). The number of nitrogens with zero attached hydrogens (tertiary/aromatic N) is 4. The third-order valence-corrected chi connectivity index (χ3v) is 5.24. The van der Waals surface area contributed by atoms with Crippen LogP contribution in [0.15, 0.2) is 41.5 Å². The fraction of sp³-hybridized carbons (Fsp3) is 0.333. The summed E-state index contributed by atoms with van der Waals surface area (Å²) in [5.41, 5.74) is 11.5. The van der Waals surface area contributed by atoms with E-state index in [0.29, 0.717) is 18.4 Å². The lowest BCUT2D eigenvalue weighted by Crippen LogP contribution is -2.28. The Balaban J connectivity index is 2.18. The molecule has 2 aromatic carbocycles. The number of fused-ring (bicyclic) bond motifs is 2. The quantitative estimate of drug-likeness (QED) is 0.338. The SMILES string of the molecule is COC(=O)Cc1ccc2c(c1)CCc1ccc(F)cc1C2(C#N)CCN=[N+]=[N-]. The summed E-state index contributed by atoms with van der Waals surface area (Å²) >= 11 is 0. The first-order chi connectivity index (χ1) is 13.5. The highest BCUT2D eigenvalue weighted by Gasteiger charge is 2.39. The van der Waals surface area contributed by atoms with Crippen LogP contribution in [0.25, 0.3) is 10.4 Å². The number of ether oxygens (including phenoxy) is 1. The van der Waals surface area contributed by atoms with Crippen molar-refractivity contribution in [2.75, 3.05) is 13.7 Å². The van der Waals surface area contributed by atoms with E-state index in [2.05, 4.69) is 16.1 Å². The molecule has 0 aliphatic heterocycles. The van der Waals surface area contributed by atoms with Gasteiger partial charge in [-0.25, -0.2) is 4.39 Å². The maximum absolute atomic E-state index is 14.1. The van der Waals surface area contributed by atoms with Crippen LogP contribution in [0.3, 0.4) is 0 Å². The molecule has 6 nitrogen and oxygen atoms in total. The molecule has 7 heteroatoms. The molecule has 0 spiro atoms. The van der Waals surface area contributed by atoms with Crippen LogP contribution >= 0.6 is 0 Å². The van der Waals surface area contributed by atoms with Gasteiger partial charge in [0, 0.05) is 11.5 Å². The Kier molecular flexibility index (Phi) is 5.62. The second-order valence-electron chi connectivity index (χ2n) is 6.77. The van der Waals surface area contributed by atoms with Crippen molar-refractivity contribution in [1.82, 2.24) is 0 Å². The van der Waals surface area contributed by atoms with Gasteiger partial charge in [-0.05, 0) is 64.7 Å². The summed E-state index contributed by atoms with van der Waals surface area (Å²) in [6.45, 7) is 0.114. The number of azide groups is 1. The van der Waals surface area contributed by atoms with Gasteiger partial charge in [-0.2, -0.15) is 5.26 Å². The molecule has 0 saturated carbocycles. The zero-order chi connectivity index (χ0) is 20.1. The zero-order valence-corrected chi connectivity index (χ0v) is 15.5. The molecule has 28 heavy (non-hydrogen) atoms. The average molecular weight is 378 g/mol. The lowest BCUT2D eigenvalue weighted by molar-refractivity contribution is -0.139. The molecule has 2 aromatic rings. The second kappa shape index (κ2) is 8.12. The van der Waals surface area contributed by atoms with Crippen LogP contribution in [0.1, 0.15) is 34.2 Å². The third-order valence-electron chi connectivity index (χ3n) is 5.24. The first-order valence-electron chi connectivity index (χ1n) is 8.94. The summed E-state index contributed by atoms with van der Waals surface area (Å²) in [6.07, 6.45) is 1.69. The Hall–Kier alpha value is -3.36. The van der Waals surface area contributed by atoms with Gasteiger partial charge < -0.3 is 4.74 Å². The summed E-state index contributed by atoms with van der Waals surface area (Å²) in [5, 5.41) is 13.8. The van der Waals surface area contributed by atoms with E-state index in [4.69, 9.17) is 10.3 Å². The van der Waals surface area contributed by atoms with Crippen LogP contribution in [-0.4, -0.2) is 19.6 Å². The van der Waals surface area contributed by atoms with Gasteiger partial charge in [0.2, 0.25) is 0 Å². The van der Waals surface area contributed by atoms with Crippen molar-refractivity contribution < 1.29 is 13.9 Å². The molecule has 0 fully saturated rings. The molecule has 0 amide bonds. The molecule has 1 aliphatic carbocycles. The maximum Gasteiger partial charge on any atom is 0.309 e. The minimum atomic E-state index is -1.12. The molecule has 1 aliphatic rings. The van der Waals surface area contributed by atoms with Crippen molar-refractivity contribution in [3.63, 3.8) is 0 Å². The number of rotatable bonds is 5. The molecule has 0 heterocycles. The van der Waals surface area contributed by atoms with Crippen LogP contribution in [0.2, 0.25) is 0 Å². The molecular weight excluding hydrogens is 359 g/mol. The average Bonchev–Trinajstić information content (AvgIpc) is 2.83. The van der Waals surface area contributed by atoms with E-state index >= 15 is 0 Å². The molecular formula is C21H19FN4O2. The number of carbonyl (C=O) groups excluding carboxylic acids is 1. The van der Waals surface area contributed by atoms with Crippen LogP contribution < -0.4 is 0 Å². The van der Waals surface area contributed by atoms with E-state index in [-0.39, 0.29) is 25.4 Å². The number of aryl methyl sites for hydroxylation is 2. The maximum atomic E-state index is 14.1. The number of hydrogen-bond donors (Lipinski definition) is 0. The molecule has 0 radical (unpaired) electrons. The molecule has 0 N–H and O–H groups in total. The molecule has 0 aromatic heterocycles. The van der Waals surface area contributed by atoms with Crippen molar-refractivity contribution in [1.29, 1.82) is 5.26 Å². The topological polar surface area (TPSA) is 98.9 Å². The zero-order valence-electron chi connectivity index (χ0n) is 15.5. The lowest BCUT2D eigenvalue weighted by atomic mass is 9.71. The summed E-state index contributed by atoms with van der Waals surface area (Å²) in [5.74, 6) is -0.748. The van der Waals surface area contributed by atoms with Crippen molar-refractivity contribution in [3.8, 4) is 6.07 Å². The number of esters is 1. The van der Waals surface area contributed by atoms with Crippen molar-refractivity contribution in [3.05, 3.63) is 80.5 Å². The Morgan fingerprint density at radius 1 is 1.29 bits per heavy atom. The van der Waals surface area contributed by atoms with E-state index in [1.54, 1.807) is 12.1 Å². The van der Waals surface area contributed by atoms with Crippen molar-refractivity contribution in [2.24, 2.45) is 5.11 Å². The number of halogens is 1. The van der Waals surface area contributed by atoms with Crippen LogP contribution in [-0.2, 0) is 34.2 Å². The highest BCUT2D eigenvalue weighted by Crippen LogP contribution is 2.42. The largest absolute Gasteiger partial charge is 0.469 e. The summed E-state index contributed by atoms with van der Waals surface area (Å²) in [6, 6.07) is 12.4. The van der Waals surface area contributed by atoms with E-state index < -0.39 is 11.2 Å². The number of carbonyl (C=O) groups is 1. The summed E-state index contributed by atoms with van der Waals surface area (Å²) in [4.78, 5) is 14.4. The molecule has 0 bridgehead atoms. The van der Waals surface area contributed by atoms with Gasteiger partial charge in [0.25, 0.3) is 0 Å². The normalized spacial score (nSPS) is 17.3. The Labute approximate surface area is 162 Å². The van der Waals surface area contributed by atoms with Gasteiger partial charge in [0.05, 0.1) is 19.6 Å².